The van der Waals surface area contributed by atoms with Crippen molar-refractivity contribution in [3.8, 4) is 17.9 Å². The number of hydrogen-bond acceptors (Lipinski definition) is 5. The van der Waals surface area contributed by atoms with Crippen LogP contribution in [-0.4, -0.2) is 39.5 Å². The van der Waals surface area contributed by atoms with Gasteiger partial charge < -0.3 is 20.3 Å². The topological polar surface area (TPSA) is 85.9 Å². The van der Waals surface area contributed by atoms with E-state index in [1.165, 1.54) is 4.57 Å². The molecule has 4 rings (SSSR count). The number of alkyl halides is 3. The molecule has 6 nitrogen and oxygen atoms in total. The highest BCUT2D eigenvalue weighted by Crippen LogP contribution is 2.32. The molecule has 0 atom stereocenters. The highest BCUT2D eigenvalue weighted by molar-refractivity contribution is 5.94. The van der Waals surface area contributed by atoms with Gasteiger partial charge in [-0.3, -0.25) is 4.98 Å². The summed E-state index contributed by atoms with van der Waals surface area (Å²) in [6.45, 7) is 2.65. The van der Waals surface area contributed by atoms with Crippen LogP contribution in [0.25, 0.3) is 10.9 Å². The van der Waals surface area contributed by atoms with Crippen LogP contribution in [0.5, 0.6) is 0 Å². The minimum absolute atomic E-state index is 0.164. The van der Waals surface area contributed by atoms with Crippen molar-refractivity contribution in [2.24, 2.45) is 0 Å². The van der Waals surface area contributed by atoms with Crippen LogP contribution in [0.1, 0.15) is 50.9 Å². The van der Waals surface area contributed by atoms with E-state index < -0.39 is 18.1 Å². The zero-order valence-electron chi connectivity index (χ0n) is 20.9. The number of aliphatic hydroxyl groups is 1. The van der Waals surface area contributed by atoms with Crippen molar-refractivity contribution in [3.05, 3.63) is 54.0 Å². The van der Waals surface area contributed by atoms with E-state index in [1.807, 2.05) is 6.07 Å². The van der Waals surface area contributed by atoms with E-state index in [2.05, 4.69) is 33.5 Å². The minimum Gasteiger partial charge on any atom is -0.393 e. The molecule has 2 heterocycles. The van der Waals surface area contributed by atoms with E-state index in [-0.39, 0.29) is 24.4 Å². The van der Waals surface area contributed by atoms with E-state index in [4.69, 9.17) is 0 Å². The standard InChI is InChI=1S/C28H30F3N5O/c1-27(2,17-32)26-13-10-20(16-34-26)33-14-4-5-21-15-23-24(35-19-8-11-22(37)12-9-19)6-3-7-25(23)36(21)18-28(29,30)31/h3,6-7,10,13,15-16,19,22,33,35,37H,8-9,11-12,14,18H2,1-2H3. The number of aliphatic hydroxyl groups excluding tert-OH is 1. The van der Waals surface area contributed by atoms with Gasteiger partial charge in [0.1, 0.15) is 6.54 Å². The predicted octanol–water partition coefficient (Wildman–Crippen LogP) is 5.58. The van der Waals surface area contributed by atoms with Crippen molar-refractivity contribution in [1.82, 2.24) is 9.55 Å². The Balaban J connectivity index is 1.54. The van der Waals surface area contributed by atoms with Crippen LogP contribution in [0.3, 0.4) is 0 Å². The zero-order valence-corrected chi connectivity index (χ0v) is 20.9. The number of pyridine rings is 1. The van der Waals surface area contributed by atoms with Gasteiger partial charge >= 0.3 is 6.18 Å². The Hall–Kier alpha value is -3.69. The summed E-state index contributed by atoms with van der Waals surface area (Å²) in [5.74, 6) is 5.82. The summed E-state index contributed by atoms with van der Waals surface area (Å²) < 4.78 is 41.5. The molecule has 1 aliphatic rings. The molecule has 0 amide bonds. The highest BCUT2D eigenvalue weighted by Gasteiger charge is 2.30. The molecule has 0 unspecified atom stereocenters. The van der Waals surface area contributed by atoms with Crippen LogP contribution in [0.4, 0.5) is 24.5 Å². The average Bonchev–Trinajstić information content (AvgIpc) is 3.20. The van der Waals surface area contributed by atoms with Crippen molar-refractivity contribution in [1.29, 1.82) is 5.26 Å². The lowest BCUT2D eigenvalue weighted by Gasteiger charge is -2.27. The van der Waals surface area contributed by atoms with Gasteiger partial charge in [-0.2, -0.15) is 18.4 Å². The zero-order chi connectivity index (χ0) is 26.6. The Labute approximate surface area is 214 Å². The summed E-state index contributed by atoms with van der Waals surface area (Å²) in [5.41, 5.74) is 2.18. The summed E-state index contributed by atoms with van der Waals surface area (Å²) in [6.07, 6.45) is -0.0314. The van der Waals surface area contributed by atoms with E-state index in [0.717, 1.165) is 18.5 Å². The fourth-order valence-electron chi connectivity index (χ4n) is 4.51. The first kappa shape index (κ1) is 26.4. The van der Waals surface area contributed by atoms with Crippen molar-refractivity contribution in [2.75, 3.05) is 17.2 Å². The molecule has 2 aromatic heterocycles. The van der Waals surface area contributed by atoms with Gasteiger partial charge in [0.2, 0.25) is 0 Å². The number of benzene rings is 1. The quantitative estimate of drug-likeness (QED) is 0.378. The van der Waals surface area contributed by atoms with Gasteiger partial charge in [-0.15, -0.1) is 0 Å². The molecule has 0 aliphatic heterocycles. The Morgan fingerprint density at radius 2 is 1.89 bits per heavy atom. The van der Waals surface area contributed by atoms with Crippen molar-refractivity contribution >= 4 is 22.3 Å². The first-order chi connectivity index (χ1) is 17.6. The summed E-state index contributed by atoms with van der Waals surface area (Å²) in [5, 5.41) is 26.3. The average molecular weight is 510 g/mol. The molecule has 1 fully saturated rings. The Bertz CT molecular complexity index is 1330. The molecule has 0 saturated heterocycles. The lowest BCUT2D eigenvalue weighted by molar-refractivity contribution is -0.140. The summed E-state index contributed by atoms with van der Waals surface area (Å²) in [4.78, 5) is 4.32. The summed E-state index contributed by atoms with van der Waals surface area (Å²) >= 11 is 0. The summed E-state index contributed by atoms with van der Waals surface area (Å²) in [6, 6.07) is 12.9. The molecule has 1 aliphatic carbocycles. The third kappa shape index (κ3) is 6.55. The normalized spacial score (nSPS) is 18.1. The Morgan fingerprint density at radius 1 is 1.14 bits per heavy atom. The molecule has 194 valence electrons. The maximum Gasteiger partial charge on any atom is 0.406 e. The summed E-state index contributed by atoms with van der Waals surface area (Å²) in [7, 11) is 0. The minimum atomic E-state index is -4.39. The molecule has 1 aromatic carbocycles. The van der Waals surface area contributed by atoms with Crippen molar-refractivity contribution < 1.29 is 18.3 Å². The number of nitriles is 1. The largest absolute Gasteiger partial charge is 0.406 e. The van der Waals surface area contributed by atoms with E-state index in [0.29, 0.717) is 35.1 Å². The molecule has 1 saturated carbocycles. The van der Waals surface area contributed by atoms with Gasteiger partial charge in [-0.25, -0.2) is 0 Å². The number of fused-ring (bicyclic) bond motifs is 1. The third-order valence-electron chi connectivity index (χ3n) is 6.62. The van der Waals surface area contributed by atoms with Gasteiger partial charge in [-0.1, -0.05) is 12.0 Å². The predicted molar refractivity (Wildman–Crippen MR) is 138 cm³/mol. The number of nitrogens with zero attached hydrogens (tertiary/aromatic N) is 3. The number of halogens is 3. The van der Waals surface area contributed by atoms with Gasteiger partial charge in [0.05, 0.1) is 52.9 Å². The van der Waals surface area contributed by atoms with Crippen LogP contribution < -0.4 is 10.6 Å². The molecule has 3 aromatic rings. The maximum atomic E-state index is 13.4. The van der Waals surface area contributed by atoms with Crippen LogP contribution >= 0.6 is 0 Å². The van der Waals surface area contributed by atoms with Crippen molar-refractivity contribution in [3.63, 3.8) is 0 Å². The molecular weight excluding hydrogens is 479 g/mol. The van der Waals surface area contributed by atoms with E-state index in [1.54, 1.807) is 50.4 Å². The molecule has 0 bridgehead atoms. The first-order valence-corrected chi connectivity index (χ1v) is 12.3. The smallest absolute Gasteiger partial charge is 0.393 e. The lowest BCUT2D eigenvalue weighted by atomic mass is 9.91. The maximum absolute atomic E-state index is 13.4. The molecule has 3 N–H and O–H groups in total. The van der Waals surface area contributed by atoms with Gasteiger partial charge in [0, 0.05) is 17.1 Å². The van der Waals surface area contributed by atoms with Crippen LogP contribution in [0.2, 0.25) is 0 Å². The third-order valence-corrected chi connectivity index (χ3v) is 6.62. The fraction of sp³-hybridized carbons (Fsp3) is 0.429. The second-order valence-electron chi connectivity index (χ2n) is 9.94. The van der Waals surface area contributed by atoms with Gasteiger partial charge in [0.15, 0.2) is 0 Å². The molecular formula is C28H30F3N5O. The first-order valence-electron chi connectivity index (χ1n) is 12.3. The van der Waals surface area contributed by atoms with Crippen LogP contribution in [-0.2, 0) is 12.0 Å². The molecule has 9 heteroatoms. The molecule has 0 radical (unpaired) electrons. The number of nitrogens with one attached hydrogen (secondary N) is 2. The number of aromatic nitrogens is 2. The van der Waals surface area contributed by atoms with E-state index >= 15 is 0 Å². The second-order valence-corrected chi connectivity index (χ2v) is 9.94. The number of hydrogen-bond donors (Lipinski definition) is 3. The van der Waals surface area contributed by atoms with Gasteiger partial charge in [0.25, 0.3) is 0 Å². The molecule has 0 spiro atoms. The van der Waals surface area contributed by atoms with Crippen LogP contribution in [0.15, 0.2) is 42.6 Å². The van der Waals surface area contributed by atoms with Crippen molar-refractivity contribution in [2.45, 2.75) is 69.8 Å². The molecule has 37 heavy (non-hydrogen) atoms. The van der Waals surface area contributed by atoms with Crippen LogP contribution in [0, 0.1) is 23.2 Å². The second kappa shape index (κ2) is 10.7. The monoisotopic (exact) mass is 509 g/mol. The SMILES string of the molecule is CC(C)(C#N)c1ccc(NCC#Cc2cc3c(NC4CCC(O)CC4)cccc3n2CC(F)(F)F)cn1. The van der Waals surface area contributed by atoms with Gasteiger partial charge in [-0.05, 0) is 75.8 Å². The Morgan fingerprint density at radius 3 is 2.54 bits per heavy atom. The van der Waals surface area contributed by atoms with E-state index in [9.17, 15) is 23.5 Å². The number of anilines is 2. The number of rotatable bonds is 6. The lowest BCUT2D eigenvalue weighted by Crippen LogP contribution is -2.28. The highest BCUT2D eigenvalue weighted by atomic mass is 19.4. The Kier molecular flexibility index (Phi) is 7.65. The fourth-order valence-corrected chi connectivity index (χ4v) is 4.51.